The summed E-state index contributed by atoms with van der Waals surface area (Å²) in [5, 5.41) is 10.7. The zero-order valence-electron chi connectivity index (χ0n) is 15.1. The van der Waals surface area contributed by atoms with Crippen LogP contribution in [0.1, 0.15) is 18.5 Å². The fourth-order valence-electron chi connectivity index (χ4n) is 2.73. The van der Waals surface area contributed by atoms with Crippen molar-refractivity contribution >= 4 is 34.9 Å². The number of anilines is 1. The lowest BCUT2D eigenvalue weighted by molar-refractivity contribution is -0.682. The van der Waals surface area contributed by atoms with Gasteiger partial charge in [-0.15, -0.1) is 0 Å². The average Bonchev–Trinajstić information content (AvgIpc) is 3.01. The number of nitrogens with one attached hydrogen (secondary N) is 1. The fraction of sp³-hybridized carbons (Fsp3) is 0.200. The maximum atomic E-state index is 12.3. The van der Waals surface area contributed by atoms with E-state index in [4.69, 9.17) is 23.2 Å². The summed E-state index contributed by atoms with van der Waals surface area (Å²) in [6.07, 6.45) is 0. The summed E-state index contributed by atoms with van der Waals surface area (Å²) in [6.45, 7) is 2.37. The normalized spacial score (nSPS) is 12.0. The molecule has 0 bridgehead atoms. The maximum absolute atomic E-state index is 12.3. The van der Waals surface area contributed by atoms with Gasteiger partial charge in [-0.3, -0.25) is 9.48 Å². The largest absolute Gasteiger partial charge is 0.333 e. The minimum absolute atomic E-state index is 0.0820. The van der Waals surface area contributed by atoms with Crippen LogP contribution in [0.3, 0.4) is 0 Å². The highest BCUT2D eigenvalue weighted by Crippen LogP contribution is 2.23. The first kappa shape index (κ1) is 19.4. The van der Waals surface area contributed by atoms with Gasteiger partial charge in [0, 0.05) is 34.3 Å². The van der Waals surface area contributed by atoms with Crippen molar-refractivity contribution < 1.29 is 10.1 Å². The van der Waals surface area contributed by atoms with Crippen molar-refractivity contribution in [1.29, 1.82) is 0 Å². The molecule has 3 rings (SSSR count). The predicted molar refractivity (Wildman–Crippen MR) is 109 cm³/mol. The minimum atomic E-state index is -0.0820. The number of hydrogen-bond acceptors (Lipinski definition) is 2. The summed E-state index contributed by atoms with van der Waals surface area (Å²) >= 11 is 11.8. The van der Waals surface area contributed by atoms with E-state index in [1.807, 2.05) is 59.9 Å². The lowest BCUT2D eigenvalue weighted by atomic mass is 10.1. The van der Waals surface area contributed by atoms with E-state index in [9.17, 15) is 4.79 Å². The Balaban J connectivity index is 1.59. The third-order valence-corrected chi connectivity index (χ3v) is 4.84. The Bertz CT molecular complexity index is 920. The van der Waals surface area contributed by atoms with Gasteiger partial charge in [-0.1, -0.05) is 47.5 Å². The third kappa shape index (κ3) is 5.10. The molecule has 0 radical (unpaired) electrons. The molecule has 27 heavy (non-hydrogen) atoms. The zero-order chi connectivity index (χ0) is 19.4. The average molecular weight is 404 g/mol. The SMILES string of the molecule is C[C@@H]([NH2+]CC(=O)Nc1cc(-c2ccc(Cl)cc2)nn1C)c1ccc(Cl)cc1. The quantitative estimate of drug-likeness (QED) is 0.659. The van der Waals surface area contributed by atoms with Crippen LogP contribution < -0.4 is 10.6 Å². The topological polar surface area (TPSA) is 63.5 Å². The molecule has 1 heterocycles. The molecule has 3 N–H and O–H groups in total. The van der Waals surface area contributed by atoms with Crippen molar-refractivity contribution in [3.63, 3.8) is 0 Å². The summed E-state index contributed by atoms with van der Waals surface area (Å²) in [6, 6.07) is 17.1. The third-order valence-electron chi connectivity index (χ3n) is 4.34. The molecule has 140 valence electrons. The van der Waals surface area contributed by atoms with E-state index < -0.39 is 0 Å². The second-order valence-electron chi connectivity index (χ2n) is 6.37. The molecule has 0 aliphatic rings. The molecule has 0 aliphatic heterocycles. The maximum Gasteiger partial charge on any atom is 0.280 e. The summed E-state index contributed by atoms with van der Waals surface area (Å²) in [4.78, 5) is 12.3. The Hall–Kier alpha value is -2.34. The number of quaternary nitrogens is 1. The van der Waals surface area contributed by atoms with Crippen LogP contribution in [0.25, 0.3) is 11.3 Å². The van der Waals surface area contributed by atoms with E-state index >= 15 is 0 Å². The van der Waals surface area contributed by atoms with Crippen molar-refractivity contribution in [3.8, 4) is 11.3 Å². The molecule has 2 aromatic carbocycles. The van der Waals surface area contributed by atoms with Crippen molar-refractivity contribution in [1.82, 2.24) is 9.78 Å². The number of aromatic nitrogens is 2. The van der Waals surface area contributed by atoms with E-state index in [-0.39, 0.29) is 11.9 Å². The van der Waals surface area contributed by atoms with E-state index in [0.717, 1.165) is 16.8 Å². The molecule has 1 atom stereocenters. The number of carbonyl (C=O) groups is 1. The lowest BCUT2D eigenvalue weighted by Gasteiger charge is -2.11. The predicted octanol–water partition coefficient (Wildman–Crippen LogP) is 3.66. The van der Waals surface area contributed by atoms with Crippen LogP contribution in [-0.2, 0) is 11.8 Å². The zero-order valence-corrected chi connectivity index (χ0v) is 16.6. The lowest BCUT2D eigenvalue weighted by Crippen LogP contribution is -2.86. The van der Waals surface area contributed by atoms with Crippen LogP contribution in [0.5, 0.6) is 0 Å². The first-order chi connectivity index (χ1) is 12.9. The summed E-state index contributed by atoms with van der Waals surface area (Å²) in [5.74, 6) is 0.568. The Kier molecular flexibility index (Phi) is 6.16. The van der Waals surface area contributed by atoms with Gasteiger partial charge in [0.2, 0.25) is 0 Å². The van der Waals surface area contributed by atoms with Gasteiger partial charge in [0.25, 0.3) is 5.91 Å². The molecule has 0 saturated carbocycles. The second kappa shape index (κ2) is 8.57. The Morgan fingerprint density at radius 2 is 1.70 bits per heavy atom. The van der Waals surface area contributed by atoms with Crippen LogP contribution in [0.4, 0.5) is 5.82 Å². The molecule has 0 spiro atoms. The monoisotopic (exact) mass is 403 g/mol. The van der Waals surface area contributed by atoms with Gasteiger partial charge in [-0.25, -0.2) is 0 Å². The van der Waals surface area contributed by atoms with Crippen molar-refractivity contribution in [2.75, 3.05) is 11.9 Å². The first-order valence-corrected chi connectivity index (χ1v) is 9.36. The van der Waals surface area contributed by atoms with E-state index in [2.05, 4.69) is 17.3 Å². The minimum Gasteiger partial charge on any atom is -0.333 e. The van der Waals surface area contributed by atoms with E-state index in [1.54, 1.807) is 11.7 Å². The van der Waals surface area contributed by atoms with Gasteiger partial charge < -0.3 is 10.6 Å². The molecule has 1 aromatic heterocycles. The fourth-order valence-corrected chi connectivity index (χ4v) is 2.98. The smallest absolute Gasteiger partial charge is 0.280 e. The molecule has 0 saturated heterocycles. The number of nitrogens with two attached hydrogens (primary N) is 1. The van der Waals surface area contributed by atoms with Gasteiger partial charge in [-0.2, -0.15) is 5.10 Å². The standard InChI is InChI=1S/C20H20Cl2N4O/c1-13(14-3-7-16(21)8-4-14)23-12-20(27)24-19-11-18(25-26(19)2)15-5-9-17(22)10-6-15/h3-11,13,23H,12H2,1-2H3,(H,24,27)/p+1/t13-/m1/s1. The van der Waals surface area contributed by atoms with Gasteiger partial charge in [0.1, 0.15) is 11.9 Å². The van der Waals surface area contributed by atoms with Crippen molar-refractivity contribution in [2.24, 2.45) is 7.05 Å². The molecule has 5 nitrogen and oxygen atoms in total. The van der Waals surface area contributed by atoms with Gasteiger partial charge in [0.05, 0.1) is 5.69 Å². The van der Waals surface area contributed by atoms with Gasteiger partial charge in [0.15, 0.2) is 6.54 Å². The summed E-state index contributed by atoms with van der Waals surface area (Å²) in [5.41, 5.74) is 2.85. The van der Waals surface area contributed by atoms with Gasteiger partial charge >= 0.3 is 0 Å². The number of amides is 1. The van der Waals surface area contributed by atoms with Crippen LogP contribution in [0.15, 0.2) is 54.6 Å². The van der Waals surface area contributed by atoms with E-state index in [0.29, 0.717) is 22.4 Å². The Morgan fingerprint density at radius 3 is 2.33 bits per heavy atom. The van der Waals surface area contributed by atoms with Crippen molar-refractivity contribution in [2.45, 2.75) is 13.0 Å². The molecule has 0 fully saturated rings. The number of carbonyl (C=O) groups excluding carboxylic acids is 1. The summed E-state index contributed by atoms with van der Waals surface area (Å²) in [7, 11) is 1.80. The molecule has 0 unspecified atom stereocenters. The number of nitrogens with zero attached hydrogens (tertiary/aromatic N) is 2. The second-order valence-corrected chi connectivity index (χ2v) is 7.25. The molecular weight excluding hydrogens is 383 g/mol. The molecule has 3 aromatic rings. The molecule has 7 heteroatoms. The Morgan fingerprint density at radius 1 is 1.11 bits per heavy atom. The van der Waals surface area contributed by atoms with Crippen LogP contribution >= 0.6 is 23.2 Å². The van der Waals surface area contributed by atoms with Crippen LogP contribution in [0, 0.1) is 0 Å². The van der Waals surface area contributed by atoms with Crippen LogP contribution in [0.2, 0.25) is 10.0 Å². The number of hydrogen-bond donors (Lipinski definition) is 2. The number of benzene rings is 2. The number of rotatable bonds is 6. The van der Waals surface area contributed by atoms with E-state index in [1.165, 1.54) is 0 Å². The van der Waals surface area contributed by atoms with Crippen molar-refractivity contribution in [3.05, 3.63) is 70.2 Å². The number of halogens is 2. The molecule has 0 aliphatic carbocycles. The molecular formula is C20H21Cl2N4O+. The highest BCUT2D eigenvalue weighted by Gasteiger charge is 2.14. The van der Waals surface area contributed by atoms with Gasteiger partial charge in [-0.05, 0) is 31.2 Å². The number of aryl methyl sites for hydroxylation is 1. The van der Waals surface area contributed by atoms with Crippen LogP contribution in [-0.4, -0.2) is 22.2 Å². The highest BCUT2D eigenvalue weighted by molar-refractivity contribution is 6.30. The Labute approximate surface area is 168 Å². The highest BCUT2D eigenvalue weighted by atomic mass is 35.5. The first-order valence-electron chi connectivity index (χ1n) is 8.61. The summed E-state index contributed by atoms with van der Waals surface area (Å²) < 4.78 is 1.66. The molecule has 1 amide bonds.